The maximum absolute atomic E-state index is 12.5. The molecule has 1 aliphatic carbocycles. The molecule has 3 aromatic rings. The van der Waals surface area contributed by atoms with Crippen LogP contribution < -0.4 is 5.32 Å². The first-order valence-electron chi connectivity index (χ1n) is 8.58. The van der Waals surface area contributed by atoms with E-state index in [2.05, 4.69) is 15.4 Å². The topological polar surface area (TPSA) is 79.5 Å². The van der Waals surface area contributed by atoms with Crippen molar-refractivity contribution >= 4 is 11.6 Å². The average Bonchev–Trinajstić information content (AvgIpc) is 3.26. The van der Waals surface area contributed by atoms with Gasteiger partial charge in [-0.3, -0.25) is 4.79 Å². The smallest absolute Gasteiger partial charge is 0.256 e. The zero-order valence-corrected chi connectivity index (χ0v) is 13.8. The summed E-state index contributed by atoms with van der Waals surface area (Å²) in [6.45, 7) is 0.482. The van der Waals surface area contributed by atoms with E-state index in [9.17, 15) is 9.90 Å². The summed E-state index contributed by atoms with van der Waals surface area (Å²) in [6.07, 6.45) is 5.71. The highest BCUT2D eigenvalue weighted by atomic mass is 16.3. The number of hydrogen-bond donors (Lipinski definition) is 2. The van der Waals surface area contributed by atoms with Crippen molar-refractivity contribution < 1.29 is 9.90 Å². The second-order valence-corrected chi connectivity index (χ2v) is 6.46. The third-order valence-corrected chi connectivity index (χ3v) is 4.86. The van der Waals surface area contributed by atoms with Gasteiger partial charge in [0.2, 0.25) is 0 Å². The summed E-state index contributed by atoms with van der Waals surface area (Å²) in [5.41, 5.74) is 2.88. The van der Waals surface area contributed by atoms with Crippen LogP contribution in [0.25, 0.3) is 16.9 Å². The third-order valence-electron chi connectivity index (χ3n) is 4.86. The van der Waals surface area contributed by atoms with E-state index in [-0.39, 0.29) is 17.9 Å². The van der Waals surface area contributed by atoms with Gasteiger partial charge in [-0.15, -0.1) is 0 Å². The number of aromatic nitrogens is 3. The highest BCUT2D eigenvalue weighted by Crippen LogP contribution is 2.25. The molecule has 0 saturated heterocycles. The highest BCUT2D eigenvalue weighted by molar-refractivity contribution is 5.99. The number of carbonyl (C=O) groups is 1. The molecular weight excluding hydrogens is 316 g/mol. The van der Waals surface area contributed by atoms with Crippen molar-refractivity contribution in [2.45, 2.75) is 25.4 Å². The second-order valence-electron chi connectivity index (χ2n) is 6.46. The van der Waals surface area contributed by atoms with Gasteiger partial charge < -0.3 is 10.4 Å². The molecule has 2 atom stereocenters. The molecule has 1 amide bonds. The molecule has 6 heteroatoms. The number of rotatable bonds is 4. The van der Waals surface area contributed by atoms with Crippen LogP contribution in [-0.4, -0.2) is 38.3 Å². The number of aliphatic hydroxyl groups is 1. The molecule has 2 heterocycles. The zero-order valence-electron chi connectivity index (χ0n) is 13.8. The van der Waals surface area contributed by atoms with E-state index in [1.165, 1.54) is 0 Å². The molecule has 1 aromatic carbocycles. The molecule has 25 heavy (non-hydrogen) atoms. The number of carbonyl (C=O) groups excluding carboxylic acids is 1. The first-order chi connectivity index (χ1) is 12.2. The average molecular weight is 336 g/mol. The first-order valence-corrected chi connectivity index (χ1v) is 8.58. The summed E-state index contributed by atoms with van der Waals surface area (Å²) in [5.74, 6) is -0.0644. The van der Waals surface area contributed by atoms with Gasteiger partial charge in [-0.05, 0) is 18.9 Å². The van der Waals surface area contributed by atoms with Crippen LogP contribution in [0.15, 0.2) is 48.8 Å². The number of benzene rings is 1. The van der Waals surface area contributed by atoms with Gasteiger partial charge >= 0.3 is 0 Å². The van der Waals surface area contributed by atoms with Gasteiger partial charge in [-0.25, -0.2) is 9.50 Å². The molecule has 1 aliphatic rings. The predicted molar refractivity (Wildman–Crippen MR) is 94.1 cm³/mol. The van der Waals surface area contributed by atoms with Crippen LogP contribution >= 0.6 is 0 Å². The lowest BCUT2D eigenvalue weighted by Crippen LogP contribution is -2.32. The minimum absolute atomic E-state index is 0.138. The molecular formula is C19H20N4O2. The van der Waals surface area contributed by atoms with Crippen molar-refractivity contribution in [3.63, 3.8) is 0 Å². The summed E-state index contributed by atoms with van der Waals surface area (Å²) in [4.78, 5) is 16.9. The number of fused-ring (bicyclic) bond motifs is 1. The lowest BCUT2D eigenvalue weighted by molar-refractivity contribution is 0.0918. The SMILES string of the molecule is O=C(NCC1CCCC1O)c1cnn2c(-c3ccccc3)ccnc12. The Morgan fingerprint density at radius 1 is 1.24 bits per heavy atom. The zero-order chi connectivity index (χ0) is 17.2. The predicted octanol–water partition coefficient (Wildman–Crippen LogP) is 2.29. The normalized spacial score (nSPS) is 20.0. The van der Waals surface area contributed by atoms with E-state index in [0.29, 0.717) is 17.8 Å². The monoisotopic (exact) mass is 336 g/mol. The van der Waals surface area contributed by atoms with Gasteiger partial charge in [0, 0.05) is 24.2 Å². The van der Waals surface area contributed by atoms with Gasteiger partial charge in [0.05, 0.1) is 18.0 Å². The molecule has 0 radical (unpaired) electrons. The van der Waals surface area contributed by atoms with Gasteiger partial charge in [0.15, 0.2) is 5.65 Å². The van der Waals surface area contributed by atoms with Crippen LogP contribution in [0.3, 0.4) is 0 Å². The Bertz CT molecular complexity index is 891. The fraction of sp³-hybridized carbons (Fsp3) is 0.316. The van der Waals surface area contributed by atoms with Gasteiger partial charge in [0.1, 0.15) is 5.56 Å². The number of nitrogens with one attached hydrogen (secondary N) is 1. The van der Waals surface area contributed by atoms with Crippen LogP contribution in [-0.2, 0) is 0 Å². The number of aliphatic hydroxyl groups excluding tert-OH is 1. The van der Waals surface area contributed by atoms with Crippen molar-refractivity contribution in [2.75, 3.05) is 6.54 Å². The van der Waals surface area contributed by atoms with Gasteiger partial charge in [-0.2, -0.15) is 5.10 Å². The molecule has 128 valence electrons. The summed E-state index contributed by atoms with van der Waals surface area (Å²) in [6, 6.07) is 11.8. The largest absolute Gasteiger partial charge is 0.393 e. The Morgan fingerprint density at radius 3 is 2.84 bits per heavy atom. The molecule has 0 spiro atoms. The van der Waals surface area contributed by atoms with Crippen LogP contribution in [0.1, 0.15) is 29.6 Å². The Kier molecular flexibility index (Phi) is 4.19. The molecule has 1 fully saturated rings. The van der Waals surface area contributed by atoms with E-state index < -0.39 is 0 Å². The molecule has 2 unspecified atom stereocenters. The molecule has 0 bridgehead atoms. The Morgan fingerprint density at radius 2 is 2.08 bits per heavy atom. The fourth-order valence-corrected chi connectivity index (χ4v) is 3.45. The third kappa shape index (κ3) is 3.00. The van der Waals surface area contributed by atoms with E-state index in [0.717, 1.165) is 30.5 Å². The van der Waals surface area contributed by atoms with Gasteiger partial charge in [0.25, 0.3) is 5.91 Å². The minimum Gasteiger partial charge on any atom is -0.393 e. The van der Waals surface area contributed by atoms with Crippen LogP contribution in [0.5, 0.6) is 0 Å². The van der Waals surface area contributed by atoms with Crippen LogP contribution in [0, 0.1) is 5.92 Å². The molecule has 4 rings (SSSR count). The Hall–Kier alpha value is -2.73. The molecule has 2 N–H and O–H groups in total. The number of amides is 1. The van der Waals surface area contributed by atoms with E-state index in [1.54, 1.807) is 16.9 Å². The minimum atomic E-state index is -0.313. The maximum atomic E-state index is 12.5. The molecule has 0 aliphatic heterocycles. The number of hydrogen-bond acceptors (Lipinski definition) is 4. The maximum Gasteiger partial charge on any atom is 0.256 e. The van der Waals surface area contributed by atoms with Gasteiger partial charge in [-0.1, -0.05) is 36.8 Å². The van der Waals surface area contributed by atoms with Crippen molar-refractivity contribution in [1.82, 2.24) is 19.9 Å². The Balaban J connectivity index is 1.59. The van der Waals surface area contributed by atoms with Crippen molar-refractivity contribution in [1.29, 1.82) is 0 Å². The second kappa shape index (κ2) is 6.64. The van der Waals surface area contributed by atoms with Crippen LogP contribution in [0.2, 0.25) is 0 Å². The lowest BCUT2D eigenvalue weighted by Gasteiger charge is -2.14. The summed E-state index contributed by atoms with van der Waals surface area (Å²) >= 11 is 0. The summed E-state index contributed by atoms with van der Waals surface area (Å²) in [5, 5.41) is 17.2. The van der Waals surface area contributed by atoms with Crippen LogP contribution in [0.4, 0.5) is 0 Å². The summed E-state index contributed by atoms with van der Waals surface area (Å²) in [7, 11) is 0. The highest BCUT2D eigenvalue weighted by Gasteiger charge is 2.26. The quantitative estimate of drug-likeness (QED) is 0.766. The van der Waals surface area contributed by atoms with Crippen molar-refractivity contribution in [2.24, 2.45) is 5.92 Å². The van der Waals surface area contributed by atoms with Crippen molar-refractivity contribution in [3.05, 3.63) is 54.4 Å². The standard InChI is InChI=1S/C19H20N4O2/c24-17-8-4-7-14(17)11-21-19(25)15-12-22-23-16(9-10-20-18(15)23)13-5-2-1-3-6-13/h1-3,5-6,9-10,12,14,17,24H,4,7-8,11H2,(H,21,25). The van der Waals surface area contributed by atoms with E-state index in [1.807, 2.05) is 36.4 Å². The van der Waals surface area contributed by atoms with E-state index >= 15 is 0 Å². The molecule has 2 aromatic heterocycles. The molecule has 6 nitrogen and oxygen atoms in total. The molecule has 1 saturated carbocycles. The fourth-order valence-electron chi connectivity index (χ4n) is 3.45. The first kappa shape index (κ1) is 15.8. The van der Waals surface area contributed by atoms with E-state index in [4.69, 9.17) is 0 Å². The Labute approximate surface area is 145 Å². The lowest BCUT2D eigenvalue weighted by atomic mass is 10.1. The van der Waals surface area contributed by atoms with Crippen molar-refractivity contribution in [3.8, 4) is 11.3 Å². The summed E-state index contributed by atoms with van der Waals surface area (Å²) < 4.78 is 1.69. The number of nitrogens with zero attached hydrogens (tertiary/aromatic N) is 3.